The summed E-state index contributed by atoms with van der Waals surface area (Å²) < 4.78 is 5.11. The lowest BCUT2D eigenvalue weighted by atomic mass is 9.99. The summed E-state index contributed by atoms with van der Waals surface area (Å²) in [4.78, 5) is 92.6. The number of aliphatic carboxylic acids is 1. The van der Waals surface area contributed by atoms with E-state index < -0.39 is 23.8 Å². The number of primary amides is 2. The molecule has 2 aliphatic heterocycles. The maximum Gasteiger partial charge on any atom is 0.322 e. The molecule has 4 amide bonds. The summed E-state index contributed by atoms with van der Waals surface area (Å²) >= 11 is 7.33. The van der Waals surface area contributed by atoms with Crippen molar-refractivity contribution >= 4 is 111 Å². The van der Waals surface area contributed by atoms with Gasteiger partial charge in [-0.1, -0.05) is 55.1 Å². The predicted molar refractivity (Wildman–Crippen MR) is 340 cm³/mol. The van der Waals surface area contributed by atoms with Gasteiger partial charge in [-0.05, 0) is 100 Å². The van der Waals surface area contributed by atoms with Gasteiger partial charge in [0.05, 0.1) is 35.5 Å². The highest BCUT2D eigenvalue weighted by Crippen LogP contribution is 2.31. The number of carboxylic acid groups (broad SMARTS) is 1. The Kier molecular flexibility index (Phi) is 21.7. The summed E-state index contributed by atoms with van der Waals surface area (Å²) in [6.45, 7) is 12.0. The predicted octanol–water partition coefficient (Wildman–Crippen LogP) is 6.48. The molecular weight excluding hydrogens is 1150 g/mol. The molecule has 0 bridgehead atoms. The number of ketones is 1. The number of pyridine rings is 2. The molecule has 2 atom stereocenters. The molecule has 2 aromatic carbocycles. The van der Waals surface area contributed by atoms with E-state index in [0.717, 1.165) is 69.3 Å². The molecule has 0 fully saturated rings. The molecule has 86 heavy (non-hydrogen) atoms. The molecular formula is C61H63N15O7S3. The molecule has 442 valence electrons. The van der Waals surface area contributed by atoms with Gasteiger partial charge in [-0.15, -0.1) is 0 Å². The normalized spacial score (nSPS) is 14.1. The van der Waals surface area contributed by atoms with E-state index in [0.29, 0.717) is 52.2 Å². The monoisotopic (exact) mass is 1210 g/mol. The largest absolute Gasteiger partial charge is 0.480 e. The summed E-state index contributed by atoms with van der Waals surface area (Å²) in [6, 6.07) is 25.0. The van der Waals surface area contributed by atoms with Gasteiger partial charge in [0.25, 0.3) is 5.91 Å². The third-order valence-electron chi connectivity index (χ3n) is 13.7. The Morgan fingerprint density at radius 3 is 1.95 bits per heavy atom. The Balaban J connectivity index is 0.000000201. The molecule has 22 nitrogen and oxygen atoms in total. The van der Waals surface area contributed by atoms with Crippen LogP contribution < -0.4 is 27.4 Å². The molecule has 0 unspecified atom stereocenters. The lowest BCUT2D eigenvalue weighted by Gasteiger charge is -2.32. The first-order chi connectivity index (χ1) is 40.9. The van der Waals surface area contributed by atoms with Crippen molar-refractivity contribution in [2.45, 2.75) is 65.6 Å². The number of anilines is 2. The fourth-order valence-corrected chi connectivity index (χ4v) is 9.64. The lowest BCUT2D eigenvalue weighted by Crippen LogP contribution is -2.48. The number of benzene rings is 2. The molecule has 0 aliphatic carbocycles. The van der Waals surface area contributed by atoms with E-state index >= 15 is 0 Å². The van der Waals surface area contributed by atoms with E-state index in [1.807, 2.05) is 125 Å². The van der Waals surface area contributed by atoms with Crippen LogP contribution in [-0.4, -0.2) is 121 Å². The first-order valence-corrected chi connectivity index (χ1v) is 28.1. The van der Waals surface area contributed by atoms with E-state index in [4.69, 9.17) is 16.6 Å². The van der Waals surface area contributed by atoms with Crippen LogP contribution in [-0.2, 0) is 59.3 Å². The Morgan fingerprint density at radius 2 is 1.35 bits per heavy atom. The van der Waals surface area contributed by atoms with Crippen molar-refractivity contribution in [2.24, 2.45) is 11.5 Å². The molecule has 11 rings (SSSR count). The van der Waals surface area contributed by atoms with Gasteiger partial charge in [0, 0.05) is 135 Å². The average Bonchev–Trinajstić information content (AvgIpc) is 1.90. The van der Waals surface area contributed by atoms with Gasteiger partial charge in [0.1, 0.15) is 18.9 Å². The van der Waals surface area contributed by atoms with E-state index in [2.05, 4.69) is 75.0 Å². The summed E-state index contributed by atoms with van der Waals surface area (Å²) in [5.74, 6) is -1.98. The molecule has 25 heteroatoms. The Bertz CT molecular complexity index is 4100. The zero-order chi connectivity index (χ0) is 60.9. The van der Waals surface area contributed by atoms with Gasteiger partial charge in [0.15, 0.2) is 17.1 Å². The number of nitrogens with two attached hydrogens (primary N) is 2. The minimum atomic E-state index is -1.02. The average molecular weight is 1210 g/mol. The topological polar surface area (TPSA) is 305 Å². The Morgan fingerprint density at radius 1 is 0.721 bits per heavy atom. The number of carbonyl (C=O) groups is 6. The smallest absolute Gasteiger partial charge is 0.322 e. The molecule has 7 aromatic heterocycles. The zero-order valence-corrected chi connectivity index (χ0v) is 50.1. The highest BCUT2D eigenvalue weighted by atomic mass is 32.8. The quantitative estimate of drug-likeness (QED) is 0.0472. The van der Waals surface area contributed by atoms with Crippen molar-refractivity contribution in [3.63, 3.8) is 0 Å². The van der Waals surface area contributed by atoms with Gasteiger partial charge < -0.3 is 42.0 Å². The van der Waals surface area contributed by atoms with Crippen LogP contribution in [0.3, 0.4) is 0 Å². The third kappa shape index (κ3) is 15.9. The number of amides is 4. The second-order valence-corrected chi connectivity index (χ2v) is 20.0. The van der Waals surface area contributed by atoms with Gasteiger partial charge in [-0.2, -0.15) is 23.7 Å². The summed E-state index contributed by atoms with van der Waals surface area (Å²) in [6.07, 6.45) is 18.0. The number of carboxylic acids is 1. The molecule has 0 radical (unpaired) electrons. The highest BCUT2D eigenvalue weighted by molar-refractivity contribution is 8.07. The zero-order valence-electron chi connectivity index (χ0n) is 47.4. The van der Waals surface area contributed by atoms with Crippen molar-refractivity contribution in [3.8, 4) is 22.3 Å². The molecule has 0 saturated heterocycles. The maximum absolute atomic E-state index is 13.6. The lowest BCUT2D eigenvalue weighted by molar-refractivity contribution is -0.139. The molecule has 8 N–H and O–H groups in total. The van der Waals surface area contributed by atoms with Crippen LogP contribution in [0.1, 0.15) is 57.2 Å². The SMILES string of the molecule is C=C(C(N)=O)c1cc(-c2cnc3cc(C)nn3c2)ccc1NCC(=O)O.Cc1cccc(CC(=O)[C@@H]2CC=CCN2C(=O)Cn2cc(C(N)=O)c3cc(-c4cnc5cc(C)nn5c4)ccc32)n1.Cc1cccc(NC(=O)[C@@H]2CC=CCN2)n1.S.S=S. The molecule has 9 aromatic rings. The maximum atomic E-state index is 13.6. The van der Waals surface area contributed by atoms with Gasteiger partial charge in [-0.25, -0.2) is 24.0 Å². The van der Waals surface area contributed by atoms with Crippen molar-refractivity contribution in [2.75, 3.05) is 30.3 Å². The number of aromatic nitrogens is 9. The first-order valence-electron chi connectivity index (χ1n) is 26.7. The number of fused-ring (bicyclic) bond motifs is 3. The van der Waals surface area contributed by atoms with E-state index in [9.17, 15) is 28.8 Å². The fraction of sp³-hybridized carbons (Fsp3) is 0.213. The number of hydrogen-bond donors (Lipinski definition) is 6. The molecule has 0 saturated carbocycles. The van der Waals surface area contributed by atoms with Crippen LogP contribution in [0.4, 0.5) is 11.5 Å². The van der Waals surface area contributed by atoms with Crippen molar-refractivity contribution in [1.82, 2.24) is 53.9 Å². The number of rotatable bonds is 15. The number of aryl methyl sites for hydroxylation is 4. The number of Topliss-reactive ketones (excluding diaryl/α,β-unsaturated/α-hetero) is 1. The van der Waals surface area contributed by atoms with Gasteiger partial charge >= 0.3 is 5.97 Å². The van der Waals surface area contributed by atoms with Crippen LogP contribution >= 0.6 is 13.5 Å². The van der Waals surface area contributed by atoms with Gasteiger partial charge in [0.2, 0.25) is 17.7 Å². The molecule has 2 aliphatic rings. The van der Waals surface area contributed by atoms with Crippen LogP contribution in [0, 0.1) is 27.7 Å². The van der Waals surface area contributed by atoms with Crippen LogP contribution in [0.15, 0.2) is 147 Å². The van der Waals surface area contributed by atoms with Crippen molar-refractivity contribution in [1.29, 1.82) is 0 Å². The standard InChI is InChI=1S/C31H29N7O3.C18H17N5O3.C12H15N3O.S2.H2S/c1-19-6-5-7-23(34-19)14-28(39)27-8-3-4-11-37(27)30(40)18-36-17-25(31(32)41)24-13-21(9-10-26(24)36)22-15-33-29-12-20(2)35-38(29)16-22;1-10-5-16-21-7-13(9-23(16)22-10)12-3-4-15(20-8-17(24)25)14(6-12)11(2)18(19)26;1-9-5-4-7-11(14-9)15-12(16)10-6-2-3-8-13-10;1-2;/h3-7,9-10,12-13,15-17,27H,8,11,14,18H2,1-2H3,(H2,32,41);3-7,9,20H,2,8H2,1H3,(H2,19,26)(H,24,25);2-5,7,10,13H,6,8H2,1H3,(H,14,15,16);;1H2/t27-;;10-;;/m0.0../s1. The van der Waals surface area contributed by atoms with E-state index in [1.54, 1.807) is 61.4 Å². The molecule has 0 spiro atoms. The van der Waals surface area contributed by atoms with E-state index in [1.165, 1.54) is 0 Å². The first kappa shape index (κ1) is 63.9. The highest BCUT2D eigenvalue weighted by Gasteiger charge is 2.31. The Labute approximate surface area is 511 Å². The minimum Gasteiger partial charge on any atom is -0.480 e. The second kappa shape index (κ2) is 29.2. The summed E-state index contributed by atoms with van der Waals surface area (Å²) in [5, 5.41) is 27.0. The minimum absolute atomic E-state index is 0. The number of carbonyl (C=O) groups excluding carboxylic acids is 5. The summed E-state index contributed by atoms with van der Waals surface area (Å²) in [7, 11) is 0. The number of hydrogen-bond acceptors (Lipinski definition) is 16. The van der Waals surface area contributed by atoms with E-state index in [-0.39, 0.29) is 62.2 Å². The number of nitrogens with one attached hydrogen (secondary N) is 3. The van der Waals surface area contributed by atoms with Crippen molar-refractivity contribution < 1.29 is 33.9 Å². The summed E-state index contributed by atoms with van der Waals surface area (Å²) in [5.41, 5.74) is 21.9. The van der Waals surface area contributed by atoms with Crippen LogP contribution in [0.2, 0.25) is 0 Å². The molecule has 9 heterocycles. The number of nitrogens with zero attached hydrogens (tertiary/aromatic N) is 10. The second-order valence-electron chi connectivity index (χ2n) is 20.0. The van der Waals surface area contributed by atoms with Crippen LogP contribution in [0.25, 0.3) is 50.0 Å². The Hall–Kier alpha value is -9.69. The fourth-order valence-electron chi connectivity index (χ4n) is 9.64. The van der Waals surface area contributed by atoms with Crippen molar-refractivity contribution in [3.05, 3.63) is 186 Å². The van der Waals surface area contributed by atoms with Crippen LogP contribution in [0.5, 0.6) is 0 Å². The van der Waals surface area contributed by atoms with Gasteiger partial charge in [-0.3, -0.25) is 33.8 Å². The third-order valence-corrected chi connectivity index (χ3v) is 13.7.